The van der Waals surface area contributed by atoms with Crippen LogP contribution in [0.5, 0.6) is 0 Å². The van der Waals surface area contributed by atoms with Gasteiger partial charge in [0.25, 0.3) is 0 Å². The van der Waals surface area contributed by atoms with Crippen LogP contribution in [0, 0.1) is 5.41 Å². The Morgan fingerprint density at radius 1 is 1.33 bits per heavy atom. The second kappa shape index (κ2) is 5.02. The molecule has 18 heavy (non-hydrogen) atoms. The first kappa shape index (κ1) is 12.2. The molecule has 0 radical (unpaired) electrons. The zero-order chi connectivity index (χ0) is 12.4. The molecule has 2 nitrogen and oxygen atoms in total. The van der Waals surface area contributed by atoms with Gasteiger partial charge in [-0.25, -0.2) is 0 Å². The molecule has 0 saturated heterocycles. The second-order valence-corrected chi connectivity index (χ2v) is 5.91. The molecule has 1 aromatic carbocycles. The van der Waals surface area contributed by atoms with Crippen LogP contribution in [0.15, 0.2) is 24.3 Å². The van der Waals surface area contributed by atoms with Crippen molar-refractivity contribution in [2.75, 3.05) is 20.3 Å². The van der Waals surface area contributed by atoms with Crippen molar-refractivity contribution < 1.29 is 4.74 Å². The molecule has 98 valence electrons. The summed E-state index contributed by atoms with van der Waals surface area (Å²) in [7, 11) is 1.80. The Morgan fingerprint density at radius 3 is 2.94 bits per heavy atom. The molecule has 0 bridgehead atoms. The number of rotatable bonds is 6. The number of hydrogen-bond acceptors (Lipinski definition) is 2. The molecule has 0 amide bonds. The average Bonchev–Trinajstić information content (AvgIpc) is 3.07. The predicted octanol–water partition coefficient (Wildman–Crippen LogP) is 3.08. The summed E-state index contributed by atoms with van der Waals surface area (Å²) in [4.78, 5) is 0. The smallest absolute Gasteiger partial charge is 0.0468 e. The summed E-state index contributed by atoms with van der Waals surface area (Å²) in [6.45, 7) is 2.07. The molecular formula is C16H23NO. The Morgan fingerprint density at radius 2 is 2.17 bits per heavy atom. The Balaban J connectivity index is 1.56. The topological polar surface area (TPSA) is 21.3 Å². The Bertz CT molecular complexity index is 411. The van der Waals surface area contributed by atoms with Crippen LogP contribution < -0.4 is 5.32 Å². The summed E-state index contributed by atoms with van der Waals surface area (Å²) in [5.74, 6) is 0. The summed E-state index contributed by atoms with van der Waals surface area (Å²) in [5.41, 5.74) is 3.62. The van der Waals surface area contributed by atoms with E-state index in [4.69, 9.17) is 4.74 Å². The predicted molar refractivity (Wildman–Crippen MR) is 73.7 cm³/mol. The number of fused-ring (bicyclic) bond motifs is 1. The van der Waals surface area contributed by atoms with Crippen molar-refractivity contribution in [1.29, 1.82) is 0 Å². The molecule has 1 N–H and O–H groups in total. The molecule has 1 aromatic rings. The lowest BCUT2D eigenvalue weighted by Gasteiger charge is -2.20. The largest absolute Gasteiger partial charge is 0.385 e. The van der Waals surface area contributed by atoms with Gasteiger partial charge in [-0.3, -0.25) is 0 Å². The molecular weight excluding hydrogens is 222 g/mol. The van der Waals surface area contributed by atoms with Gasteiger partial charge in [0.05, 0.1) is 0 Å². The summed E-state index contributed by atoms with van der Waals surface area (Å²) in [5, 5.41) is 3.79. The quantitative estimate of drug-likeness (QED) is 0.831. The van der Waals surface area contributed by atoms with Gasteiger partial charge in [-0.15, -0.1) is 0 Å². The Hall–Kier alpha value is -0.860. The molecule has 1 unspecified atom stereocenters. The minimum Gasteiger partial charge on any atom is -0.385 e. The Labute approximate surface area is 110 Å². The van der Waals surface area contributed by atoms with Crippen LogP contribution in [0.1, 0.15) is 42.9 Å². The molecule has 1 atom stereocenters. The van der Waals surface area contributed by atoms with E-state index in [2.05, 4.69) is 29.6 Å². The van der Waals surface area contributed by atoms with Crippen LogP contribution in [0.25, 0.3) is 0 Å². The first-order chi connectivity index (χ1) is 8.83. The standard InChI is InChI=1S/C16H23NO/c1-18-11-10-16(8-9-16)12-17-15-7-6-13-4-2-3-5-14(13)15/h2-5,15,17H,6-12H2,1H3. The number of hydrogen-bond donors (Lipinski definition) is 1. The van der Waals surface area contributed by atoms with Crippen molar-refractivity contribution in [2.45, 2.75) is 38.1 Å². The Kier molecular flexibility index (Phi) is 3.40. The zero-order valence-electron chi connectivity index (χ0n) is 11.2. The molecule has 1 fully saturated rings. The number of benzene rings is 1. The van der Waals surface area contributed by atoms with Gasteiger partial charge in [0.1, 0.15) is 0 Å². The van der Waals surface area contributed by atoms with Crippen LogP contribution in [0.3, 0.4) is 0 Å². The van der Waals surface area contributed by atoms with E-state index < -0.39 is 0 Å². The van der Waals surface area contributed by atoms with Crippen LogP contribution in [-0.2, 0) is 11.2 Å². The molecule has 2 heteroatoms. The molecule has 0 heterocycles. The minimum atomic E-state index is 0.549. The lowest BCUT2D eigenvalue weighted by molar-refractivity contribution is 0.170. The van der Waals surface area contributed by atoms with E-state index in [0.717, 1.165) is 13.2 Å². The molecule has 0 spiro atoms. The van der Waals surface area contributed by atoms with Crippen molar-refractivity contribution in [3.05, 3.63) is 35.4 Å². The summed E-state index contributed by atoms with van der Waals surface area (Å²) in [6.07, 6.45) is 6.46. The lowest BCUT2D eigenvalue weighted by atomic mass is 10.0. The molecule has 2 aliphatic rings. The van der Waals surface area contributed by atoms with E-state index in [0.29, 0.717) is 11.5 Å². The first-order valence-electron chi connectivity index (χ1n) is 7.13. The highest BCUT2D eigenvalue weighted by Gasteiger charge is 2.42. The first-order valence-corrected chi connectivity index (χ1v) is 7.13. The number of aryl methyl sites for hydroxylation is 1. The number of ether oxygens (including phenoxy) is 1. The maximum Gasteiger partial charge on any atom is 0.0468 e. The van der Waals surface area contributed by atoms with Crippen molar-refractivity contribution in [3.8, 4) is 0 Å². The maximum atomic E-state index is 5.22. The average molecular weight is 245 g/mol. The summed E-state index contributed by atoms with van der Waals surface area (Å²) < 4.78 is 5.22. The third kappa shape index (κ3) is 2.45. The maximum absolute atomic E-state index is 5.22. The van der Waals surface area contributed by atoms with E-state index in [9.17, 15) is 0 Å². The van der Waals surface area contributed by atoms with Gasteiger partial charge in [0.2, 0.25) is 0 Å². The highest BCUT2D eigenvalue weighted by molar-refractivity contribution is 5.34. The van der Waals surface area contributed by atoms with Gasteiger partial charge >= 0.3 is 0 Å². The fraction of sp³-hybridized carbons (Fsp3) is 0.625. The van der Waals surface area contributed by atoms with E-state index in [1.165, 1.54) is 43.2 Å². The van der Waals surface area contributed by atoms with Crippen molar-refractivity contribution in [3.63, 3.8) is 0 Å². The van der Waals surface area contributed by atoms with Crippen LogP contribution in [0.2, 0.25) is 0 Å². The van der Waals surface area contributed by atoms with Crippen LogP contribution in [-0.4, -0.2) is 20.3 Å². The van der Waals surface area contributed by atoms with Crippen LogP contribution in [0.4, 0.5) is 0 Å². The third-order valence-corrected chi connectivity index (χ3v) is 4.65. The van der Waals surface area contributed by atoms with Gasteiger partial charge in [0.15, 0.2) is 0 Å². The fourth-order valence-corrected chi connectivity index (χ4v) is 3.12. The second-order valence-electron chi connectivity index (χ2n) is 5.91. The van der Waals surface area contributed by atoms with E-state index in [1.807, 2.05) is 0 Å². The highest BCUT2D eigenvalue weighted by atomic mass is 16.5. The number of methoxy groups -OCH3 is 1. The van der Waals surface area contributed by atoms with Crippen molar-refractivity contribution >= 4 is 0 Å². The van der Waals surface area contributed by atoms with Crippen molar-refractivity contribution in [1.82, 2.24) is 5.32 Å². The van der Waals surface area contributed by atoms with E-state index in [1.54, 1.807) is 7.11 Å². The van der Waals surface area contributed by atoms with Gasteiger partial charge in [-0.1, -0.05) is 24.3 Å². The van der Waals surface area contributed by atoms with Gasteiger partial charge in [-0.2, -0.15) is 0 Å². The fourth-order valence-electron chi connectivity index (χ4n) is 3.12. The minimum absolute atomic E-state index is 0.549. The summed E-state index contributed by atoms with van der Waals surface area (Å²) in [6, 6.07) is 9.46. The SMILES string of the molecule is COCCC1(CNC2CCc3ccccc32)CC1. The van der Waals surface area contributed by atoms with E-state index in [-0.39, 0.29) is 0 Å². The van der Waals surface area contributed by atoms with Gasteiger partial charge in [0, 0.05) is 26.3 Å². The van der Waals surface area contributed by atoms with E-state index >= 15 is 0 Å². The molecule has 0 aliphatic heterocycles. The summed E-state index contributed by atoms with van der Waals surface area (Å²) >= 11 is 0. The molecule has 2 aliphatic carbocycles. The third-order valence-electron chi connectivity index (χ3n) is 4.65. The normalized spacial score (nSPS) is 23.9. The molecule has 0 aromatic heterocycles. The zero-order valence-corrected chi connectivity index (χ0v) is 11.2. The molecule has 1 saturated carbocycles. The van der Waals surface area contributed by atoms with Gasteiger partial charge < -0.3 is 10.1 Å². The number of nitrogens with one attached hydrogen (secondary N) is 1. The monoisotopic (exact) mass is 245 g/mol. The molecule has 3 rings (SSSR count). The lowest BCUT2D eigenvalue weighted by Crippen LogP contribution is -2.28. The van der Waals surface area contributed by atoms with Crippen molar-refractivity contribution in [2.24, 2.45) is 5.41 Å². The highest BCUT2D eigenvalue weighted by Crippen LogP contribution is 2.48. The van der Waals surface area contributed by atoms with Gasteiger partial charge in [-0.05, 0) is 48.6 Å². The van der Waals surface area contributed by atoms with Crippen LogP contribution >= 0.6 is 0 Å².